The zero-order chi connectivity index (χ0) is 15.6. The molecule has 0 unspecified atom stereocenters. The summed E-state index contributed by atoms with van der Waals surface area (Å²) in [7, 11) is 0. The fraction of sp³-hybridized carbons (Fsp3) is 0.200. The number of fused-ring (bicyclic) bond motifs is 2. The smallest absolute Gasteiger partial charge is 0.147 e. The summed E-state index contributed by atoms with van der Waals surface area (Å²) in [5.41, 5.74) is 9.16. The van der Waals surface area contributed by atoms with Crippen LogP contribution in [0.4, 0.5) is 5.82 Å². The van der Waals surface area contributed by atoms with Crippen LogP contribution in [-0.4, -0.2) is 10.7 Å². The van der Waals surface area contributed by atoms with E-state index < -0.39 is 0 Å². The number of hydrogen-bond donors (Lipinski definition) is 1. The van der Waals surface area contributed by atoms with Crippen LogP contribution in [0.25, 0.3) is 10.9 Å². The van der Waals surface area contributed by atoms with Crippen molar-refractivity contribution >= 4 is 22.4 Å². The zero-order valence-corrected chi connectivity index (χ0v) is 13.2. The number of aromatic nitrogens is 1. The second-order valence-electron chi connectivity index (χ2n) is 6.02. The number of benzene rings is 2. The van der Waals surface area contributed by atoms with Crippen molar-refractivity contribution in [2.45, 2.75) is 26.2 Å². The summed E-state index contributed by atoms with van der Waals surface area (Å²) in [6.07, 6.45) is 3.31. The molecule has 0 amide bonds. The number of anilines is 1. The second kappa shape index (κ2) is 5.84. The highest BCUT2D eigenvalue weighted by atomic mass is 15.3. The molecule has 1 aromatic heterocycles. The van der Waals surface area contributed by atoms with Gasteiger partial charge < -0.3 is 0 Å². The van der Waals surface area contributed by atoms with Gasteiger partial charge in [-0.1, -0.05) is 42.5 Å². The van der Waals surface area contributed by atoms with Gasteiger partial charge in [-0.15, -0.1) is 0 Å². The van der Waals surface area contributed by atoms with Crippen molar-refractivity contribution in [2.75, 3.05) is 5.43 Å². The maximum atomic E-state index is 4.66. The van der Waals surface area contributed by atoms with E-state index in [0.717, 1.165) is 36.3 Å². The van der Waals surface area contributed by atoms with Crippen molar-refractivity contribution in [1.29, 1.82) is 0 Å². The van der Waals surface area contributed by atoms with Crippen LogP contribution in [0.2, 0.25) is 0 Å². The predicted molar refractivity (Wildman–Crippen MR) is 96.0 cm³/mol. The first kappa shape index (κ1) is 13.9. The minimum absolute atomic E-state index is 0.803. The van der Waals surface area contributed by atoms with Crippen LogP contribution in [0.3, 0.4) is 0 Å². The Morgan fingerprint density at radius 1 is 1.00 bits per heavy atom. The third-order valence-electron chi connectivity index (χ3n) is 4.42. The predicted octanol–water partition coefficient (Wildman–Crippen LogP) is 4.70. The van der Waals surface area contributed by atoms with Gasteiger partial charge in [0.25, 0.3) is 0 Å². The largest absolute Gasteiger partial charge is 0.261 e. The number of nitrogens with one attached hydrogen (secondary N) is 1. The van der Waals surface area contributed by atoms with Crippen molar-refractivity contribution < 1.29 is 0 Å². The van der Waals surface area contributed by atoms with Gasteiger partial charge in [-0.05, 0) is 49.4 Å². The molecule has 0 saturated carbocycles. The van der Waals surface area contributed by atoms with Crippen molar-refractivity contribution in [3.8, 4) is 0 Å². The van der Waals surface area contributed by atoms with E-state index >= 15 is 0 Å². The van der Waals surface area contributed by atoms with E-state index in [9.17, 15) is 0 Å². The topological polar surface area (TPSA) is 37.3 Å². The molecule has 23 heavy (non-hydrogen) atoms. The van der Waals surface area contributed by atoms with Gasteiger partial charge in [0, 0.05) is 10.9 Å². The average molecular weight is 301 g/mol. The molecule has 0 atom stereocenters. The summed E-state index contributed by atoms with van der Waals surface area (Å²) < 4.78 is 0. The van der Waals surface area contributed by atoms with Gasteiger partial charge in [0.15, 0.2) is 0 Å². The Labute approximate surface area is 136 Å². The van der Waals surface area contributed by atoms with Crippen LogP contribution in [0.15, 0.2) is 59.7 Å². The molecule has 3 nitrogen and oxygen atoms in total. The van der Waals surface area contributed by atoms with E-state index in [1.807, 2.05) is 18.2 Å². The number of pyridine rings is 1. The lowest BCUT2D eigenvalue weighted by atomic mass is 9.90. The highest BCUT2D eigenvalue weighted by Gasteiger charge is 2.14. The Bertz CT molecular complexity index is 896. The first-order chi connectivity index (χ1) is 11.3. The van der Waals surface area contributed by atoms with Crippen LogP contribution in [0.5, 0.6) is 0 Å². The van der Waals surface area contributed by atoms with Gasteiger partial charge in [-0.25, -0.2) is 4.98 Å². The SMILES string of the molecule is Cc1cc(N/N=C2\CCCc3ccccc32)nc2ccccc12. The summed E-state index contributed by atoms with van der Waals surface area (Å²) in [5, 5.41) is 5.84. The van der Waals surface area contributed by atoms with Gasteiger partial charge in [-0.2, -0.15) is 5.10 Å². The lowest BCUT2D eigenvalue weighted by Crippen LogP contribution is -2.13. The summed E-state index contributed by atoms with van der Waals surface area (Å²) >= 11 is 0. The number of hydrogen-bond acceptors (Lipinski definition) is 3. The van der Waals surface area contributed by atoms with E-state index in [2.05, 4.69) is 58.8 Å². The molecule has 0 aliphatic heterocycles. The fourth-order valence-electron chi connectivity index (χ4n) is 3.25. The molecule has 114 valence electrons. The Morgan fingerprint density at radius 3 is 2.78 bits per heavy atom. The van der Waals surface area contributed by atoms with Crippen molar-refractivity contribution in [1.82, 2.24) is 4.98 Å². The average Bonchev–Trinajstić information content (AvgIpc) is 2.60. The number of para-hydroxylation sites is 1. The highest BCUT2D eigenvalue weighted by molar-refractivity contribution is 6.03. The molecule has 1 N–H and O–H groups in total. The summed E-state index contributed by atoms with van der Waals surface area (Å²) in [6.45, 7) is 2.11. The molecule has 1 heterocycles. The van der Waals surface area contributed by atoms with E-state index in [1.165, 1.54) is 22.1 Å². The molecule has 2 aromatic carbocycles. The van der Waals surface area contributed by atoms with Gasteiger partial charge in [0.1, 0.15) is 5.82 Å². The fourth-order valence-corrected chi connectivity index (χ4v) is 3.25. The number of nitrogens with zero attached hydrogens (tertiary/aromatic N) is 2. The van der Waals surface area contributed by atoms with Gasteiger partial charge in [-0.3, -0.25) is 5.43 Å². The van der Waals surface area contributed by atoms with E-state index in [-0.39, 0.29) is 0 Å². The van der Waals surface area contributed by atoms with E-state index in [1.54, 1.807) is 0 Å². The molecule has 0 fully saturated rings. The number of hydrazone groups is 1. The Kier molecular flexibility index (Phi) is 3.54. The summed E-state index contributed by atoms with van der Waals surface area (Å²) in [5.74, 6) is 0.803. The van der Waals surface area contributed by atoms with Crippen LogP contribution in [-0.2, 0) is 6.42 Å². The zero-order valence-electron chi connectivity index (χ0n) is 13.2. The second-order valence-corrected chi connectivity index (χ2v) is 6.02. The molecule has 1 aliphatic carbocycles. The quantitative estimate of drug-likeness (QED) is 0.697. The van der Waals surface area contributed by atoms with Crippen LogP contribution in [0.1, 0.15) is 29.5 Å². The van der Waals surface area contributed by atoms with Crippen molar-refractivity contribution in [2.24, 2.45) is 5.10 Å². The highest BCUT2D eigenvalue weighted by Crippen LogP contribution is 2.23. The van der Waals surface area contributed by atoms with Gasteiger partial charge >= 0.3 is 0 Å². The van der Waals surface area contributed by atoms with Crippen LogP contribution >= 0.6 is 0 Å². The summed E-state index contributed by atoms with van der Waals surface area (Å²) in [4.78, 5) is 4.66. The molecule has 1 aliphatic rings. The van der Waals surface area contributed by atoms with Crippen molar-refractivity contribution in [3.05, 3.63) is 71.3 Å². The molecule has 0 saturated heterocycles. The van der Waals surface area contributed by atoms with Crippen LogP contribution < -0.4 is 5.43 Å². The maximum Gasteiger partial charge on any atom is 0.147 e. The molecule has 0 bridgehead atoms. The van der Waals surface area contributed by atoms with Crippen molar-refractivity contribution in [3.63, 3.8) is 0 Å². The molecule has 3 aromatic rings. The minimum Gasteiger partial charge on any atom is -0.261 e. The maximum absolute atomic E-state index is 4.66. The molecule has 0 spiro atoms. The van der Waals surface area contributed by atoms with Gasteiger partial charge in [0.05, 0.1) is 11.2 Å². The first-order valence-electron chi connectivity index (χ1n) is 8.08. The standard InChI is InChI=1S/C20H19N3/c1-14-13-20(21-18-11-5-4-9-16(14)18)23-22-19-12-6-8-15-7-2-3-10-17(15)19/h2-5,7,9-11,13H,6,8,12H2,1H3,(H,21,23)/b22-19+. The summed E-state index contributed by atoms with van der Waals surface area (Å²) in [6, 6.07) is 18.8. The first-order valence-corrected chi connectivity index (χ1v) is 8.08. The molecule has 4 rings (SSSR count). The third kappa shape index (κ3) is 2.70. The lowest BCUT2D eigenvalue weighted by Gasteiger charge is -2.17. The Morgan fingerprint density at radius 2 is 1.83 bits per heavy atom. The molecular weight excluding hydrogens is 282 g/mol. The van der Waals surface area contributed by atoms with Gasteiger partial charge in [0.2, 0.25) is 0 Å². The molecule has 0 radical (unpaired) electrons. The number of rotatable bonds is 2. The Hall–Kier alpha value is -2.68. The number of aryl methyl sites for hydroxylation is 2. The van der Waals surface area contributed by atoms with Crippen LogP contribution in [0, 0.1) is 6.92 Å². The molecule has 3 heteroatoms. The minimum atomic E-state index is 0.803. The van der Waals surface area contributed by atoms with E-state index in [0.29, 0.717) is 0 Å². The normalized spacial score (nSPS) is 15.6. The monoisotopic (exact) mass is 301 g/mol. The molecular formula is C20H19N3. The third-order valence-corrected chi connectivity index (χ3v) is 4.42. The van der Waals surface area contributed by atoms with E-state index in [4.69, 9.17) is 0 Å². The lowest BCUT2D eigenvalue weighted by molar-refractivity contribution is 0.837. The Balaban J connectivity index is 1.67.